The van der Waals surface area contributed by atoms with E-state index in [9.17, 15) is 9.18 Å². The third-order valence-electron chi connectivity index (χ3n) is 2.41. The van der Waals surface area contributed by atoms with E-state index in [1.54, 1.807) is 31.3 Å². The number of halogens is 1. The van der Waals surface area contributed by atoms with E-state index in [0.29, 0.717) is 10.4 Å². The second-order valence-corrected chi connectivity index (χ2v) is 4.73. The fourth-order valence-corrected chi connectivity index (χ4v) is 2.09. The Kier molecular flexibility index (Phi) is 3.89. The van der Waals surface area contributed by atoms with Gasteiger partial charge >= 0.3 is 0 Å². The first kappa shape index (κ1) is 12.5. The number of anilines is 1. The van der Waals surface area contributed by atoms with Gasteiger partial charge in [0.05, 0.1) is 4.88 Å². The highest BCUT2D eigenvalue weighted by molar-refractivity contribution is 7.12. The number of hydrogen-bond acceptors (Lipinski definition) is 3. The molecule has 0 aliphatic heterocycles. The second kappa shape index (κ2) is 5.60. The molecule has 0 saturated heterocycles. The molecule has 0 bridgehead atoms. The van der Waals surface area contributed by atoms with E-state index in [-0.39, 0.29) is 11.6 Å². The van der Waals surface area contributed by atoms with Crippen LogP contribution in [0.5, 0.6) is 0 Å². The Hall–Kier alpha value is -1.94. The van der Waals surface area contributed by atoms with Crippen LogP contribution in [0, 0.1) is 12.7 Å². The van der Waals surface area contributed by atoms with Crippen LogP contribution in [0.15, 0.2) is 48.0 Å². The van der Waals surface area contributed by atoms with E-state index >= 15 is 0 Å². The molecule has 0 unspecified atom stereocenters. The zero-order valence-corrected chi connectivity index (χ0v) is 10.6. The lowest BCUT2D eigenvalue weighted by atomic mass is 10.2. The molecule has 2 nitrogen and oxygen atoms in total. The van der Waals surface area contributed by atoms with Gasteiger partial charge in [-0.15, -0.1) is 11.3 Å². The fourth-order valence-electron chi connectivity index (χ4n) is 1.45. The number of thiophene rings is 1. The summed E-state index contributed by atoms with van der Waals surface area (Å²) in [4.78, 5) is 12.3. The van der Waals surface area contributed by atoms with Gasteiger partial charge in [-0.1, -0.05) is 6.07 Å². The van der Waals surface area contributed by atoms with Gasteiger partial charge in [-0.05, 0) is 42.1 Å². The minimum absolute atomic E-state index is 0.0451. The van der Waals surface area contributed by atoms with Crippen LogP contribution in [0.1, 0.15) is 15.2 Å². The minimum atomic E-state index is -0.237. The van der Waals surface area contributed by atoms with Crippen LogP contribution in [0.25, 0.3) is 0 Å². The van der Waals surface area contributed by atoms with Crippen molar-refractivity contribution in [1.82, 2.24) is 0 Å². The maximum absolute atomic E-state index is 13.0. The lowest BCUT2D eigenvalue weighted by Gasteiger charge is -2.02. The van der Waals surface area contributed by atoms with Gasteiger partial charge in [-0.2, -0.15) is 0 Å². The zero-order chi connectivity index (χ0) is 13.0. The molecule has 2 rings (SSSR count). The molecule has 1 aromatic carbocycles. The molecule has 0 aliphatic rings. The van der Waals surface area contributed by atoms with E-state index in [4.69, 9.17) is 0 Å². The number of allylic oxidation sites excluding steroid dienone is 1. The Balaban J connectivity index is 1.99. The van der Waals surface area contributed by atoms with Crippen molar-refractivity contribution < 1.29 is 9.18 Å². The number of benzene rings is 1. The highest BCUT2D eigenvalue weighted by Gasteiger charge is 2.01. The summed E-state index contributed by atoms with van der Waals surface area (Å²) in [7, 11) is 0. The molecular formula is C14H12FNOS. The summed E-state index contributed by atoms with van der Waals surface area (Å²) in [6.07, 6.45) is 3.03. The average molecular weight is 261 g/mol. The number of hydrogen-bond donors (Lipinski definition) is 1. The van der Waals surface area contributed by atoms with Crippen molar-refractivity contribution in [1.29, 1.82) is 0 Å². The maximum atomic E-state index is 13.0. The summed E-state index contributed by atoms with van der Waals surface area (Å²) in [5.74, 6) is -0.282. The summed E-state index contributed by atoms with van der Waals surface area (Å²) in [5, 5.41) is 4.80. The van der Waals surface area contributed by atoms with Crippen molar-refractivity contribution in [2.45, 2.75) is 6.92 Å². The van der Waals surface area contributed by atoms with E-state index in [2.05, 4.69) is 5.32 Å². The first-order valence-electron chi connectivity index (χ1n) is 5.44. The largest absolute Gasteiger partial charge is 0.362 e. The number of rotatable bonds is 4. The van der Waals surface area contributed by atoms with Gasteiger partial charge < -0.3 is 5.32 Å². The predicted octanol–water partition coefficient (Wildman–Crippen LogP) is 4.00. The van der Waals surface area contributed by atoms with Crippen LogP contribution in [0.2, 0.25) is 0 Å². The van der Waals surface area contributed by atoms with Crippen LogP contribution in [0.3, 0.4) is 0 Å². The quantitative estimate of drug-likeness (QED) is 0.665. The third-order valence-corrected chi connectivity index (χ3v) is 3.29. The molecule has 0 amide bonds. The molecule has 0 atom stereocenters. The van der Waals surface area contributed by atoms with Crippen LogP contribution in [-0.2, 0) is 0 Å². The average Bonchev–Trinajstić information content (AvgIpc) is 2.87. The number of ketones is 1. The molecule has 0 spiro atoms. The predicted molar refractivity (Wildman–Crippen MR) is 72.5 cm³/mol. The van der Waals surface area contributed by atoms with E-state index < -0.39 is 0 Å². The van der Waals surface area contributed by atoms with Gasteiger partial charge in [-0.25, -0.2) is 4.39 Å². The van der Waals surface area contributed by atoms with Crippen LogP contribution < -0.4 is 5.32 Å². The highest BCUT2D eigenvalue weighted by Crippen LogP contribution is 2.14. The van der Waals surface area contributed by atoms with Gasteiger partial charge in [0.15, 0.2) is 5.78 Å². The van der Waals surface area contributed by atoms with Crippen LogP contribution in [-0.4, -0.2) is 5.78 Å². The highest BCUT2D eigenvalue weighted by atomic mass is 32.1. The van der Waals surface area contributed by atoms with Gasteiger partial charge in [0, 0.05) is 18.0 Å². The molecule has 2 aromatic rings. The van der Waals surface area contributed by atoms with Crippen LogP contribution >= 0.6 is 11.3 Å². The topological polar surface area (TPSA) is 29.1 Å². The summed E-state index contributed by atoms with van der Waals surface area (Å²) in [5.41, 5.74) is 1.32. The summed E-state index contributed by atoms with van der Waals surface area (Å²) >= 11 is 1.40. The molecule has 4 heteroatoms. The molecule has 1 N–H and O–H groups in total. The summed E-state index contributed by atoms with van der Waals surface area (Å²) in [6, 6.07) is 8.33. The lowest BCUT2D eigenvalue weighted by Crippen LogP contribution is -1.94. The number of carbonyl (C=O) groups excluding carboxylic acids is 1. The molecule has 18 heavy (non-hydrogen) atoms. The number of aryl methyl sites for hydroxylation is 1. The fraction of sp³-hybridized carbons (Fsp3) is 0.0714. The number of nitrogens with one attached hydrogen (secondary N) is 1. The SMILES string of the molecule is Cc1cc(N/C=C/C(=O)c2cccs2)ccc1F. The normalized spacial score (nSPS) is 10.8. The van der Waals surface area contributed by atoms with Crippen molar-refractivity contribution in [2.75, 3.05) is 5.32 Å². The van der Waals surface area contributed by atoms with E-state index in [1.165, 1.54) is 23.5 Å². The molecule has 1 heterocycles. The summed E-state index contributed by atoms with van der Waals surface area (Å²) in [6.45, 7) is 1.70. The van der Waals surface area contributed by atoms with Gasteiger partial charge in [0.25, 0.3) is 0 Å². The number of carbonyl (C=O) groups is 1. The van der Waals surface area contributed by atoms with Gasteiger partial charge in [-0.3, -0.25) is 4.79 Å². The second-order valence-electron chi connectivity index (χ2n) is 3.78. The monoisotopic (exact) mass is 261 g/mol. The lowest BCUT2D eigenvalue weighted by molar-refractivity contribution is 0.105. The Labute approximate surface area is 109 Å². The molecular weight excluding hydrogens is 249 g/mol. The van der Waals surface area contributed by atoms with E-state index in [0.717, 1.165) is 5.69 Å². The Morgan fingerprint density at radius 2 is 2.22 bits per heavy atom. The zero-order valence-electron chi connectivity index (χ0n) is 9.81. The molecule has 0 saturated carbocycles. The molecule has 92 valence electrons. The van der Waals surface area contributed by atoms with Crippen molar-refractivity contribution in [3.63, 3.8) is 0 Å². The molecule has 1 aromatic heterocycles. The molecule has 0 aliphatic carbocycles. The standard InChI is InChI=1S/C14H12FNOS/c1-10-9-11(4-5-12(10)15)16-7-6-13(17)14-3-2-8-18-14/h2-9,16H,1H3/b7-6+. The van der Waals surface area contributed by atoms with Crippen LogP contribution in [0.4, 0.5) is 10.1 Å². The molecule has 0 radical (unpaired) electrons. The Bertz CT molecular complexity index is 575. The van der Waals surface area contributed by atoms with Gasteiger partial charge in [0.2, 0.25) is 0 Å². The first-order valence-corrected chi connectivity index (χ1v) is 6.32. The van der Waals surface area contributed by atoms with Gasteiger partial charge in [0.1, 0.15) is 5.82 Å². The summed E-state index contributed by atoms with van der Waals surface area (Å²) < 4.78 is 13.0. The molecule has 0 fully saturated rings. The Morgan fingerprint density at radius 3 is 2.89 bits per heavy atom. The minimum Gasteiger partial charge on any atom is -0.362 e. The van der Waals surface area contributed by atoms with Crippen molar-refractivity contribution in [3.8, 4) is 0 Å². The van der Waals surface area contributed by atoms with Crippen molar-refractivity contribution >= 4 is 22.8 Å². The van der Waals surface area contributed by atoms with E-state index in [1.807, 2.05) is 11.4 Å². The van der Waals surface area contributed by atoms with Crippen molar-refractivity contribution in [2.24, 2.45) is 0 Å². The van der Waals surface area contributed by atoms with Crippen molar-refractivity contribution in [3.05, 3.63) is 64.2 Å². The maximum Gasteiger partial charge on any atom is 0.197 e. The first-order chi connectivity index (χ1) is 8.66. The smallest absolute Gasteiger partial charge is 0.197 e. The Morgan fingerprint density at radius 1 is 1.39 bits per heavy atom. The third kappa shape index (κ3) is 3.05.